The molecule has 6 nitrogen and oxygen atoms in total. The van der Waals surface area contributed by atoms with Gasteiger partial charge in [0.2, 0.25) is 5.91 Å². The molecule has 1 heterocycles. The first-order valence-electron chi connectivity index (χ1n) is 8.30. The Bertz CT molecular complexity index is 773. The SMILES string of the molecule is Cc1c(C(C)NC(=O)CN(C)C(=O)OC(C)(C)C)oc2ccccc12. The van der Waals surface area contributed by atoms with Crippen LogP contribution in [0.4, 0.5) is 4.79 Å². The number of rotatable bonds is 4. The van der Waals surface area contributed by atoms with E-state index in [0.717, 1.165) is 22.3 Å². The van der Waals surface area contributed by atoms with Gasteiger partial charge >= 0.3 is 6.09 Å². The summed E-state index contributed by atoms with van der Waals surface area (Å²) in [5.41, 5.74) is 1.20. The van der Waals surface area contributed by atoms with E-state index in [0.29, 0.717) is 0 Å². The van der Waals surface area contributed by atoms with Crippen LogP contribution in [0.3, 0.4) is 0 Å². The maximum Gasteiger partial charge on any atom is 0.410 e. The van der Waals surface area contributed by atoms with Crippen molar-refractivity contribution in [2.75, 3.05) is 13.6 Å². The third-order valence-corrected chi connectivity index (χ3v) is 3.74. The summed E-state index contributed by atoms with van der Waals surface area (Å²) in [5.74, 6) is 0.440. The van der Waals surface area contributed by atoms with E-state index in [2.05, 4.69) is 5.32 Å². The Morgan fingerprint density at radius 2 is 1.92 bits per heavy atom. The van der Waals surface area contributed by atoms with Crippen LogP contribution in [-0.4, -0.2) is 36.1 Å². The van der Waals surface area contributed by atoms with Gasteiger partial charge in [0.15, 0.2) is 0 Å². The number of likely N-dealkylation sites (N-methyl/N-ethyl adjacent to an activating group) is 1. The summed E-state index contributed by atoms with van der Waals surface area (Å²) in [7, 11) is 1.53. The van der Waals surface area contributed by atoms with E-state index in [1.165, 1.54) is 11.9 Å². The number of furan rings is 1. The highest BCUT2D eigenvalue weighted by molar-refractivity contribution is 5.84. The molecule has 6 heteroatoms. The summed E-state index contributed by atoms with van der Waals surface area (Å²) < 4.78 is 11.1. The van der Waals surface area contributed by atoms with Gasteiger partial charge in [0.25, 0.3) is 0 Å². The van der Waals surface area contributed by atoms with Gasteiger partial charge in [0.05, 0.1) is 6.04 Å². The van der Waals surface area contributed by atoms with Gasteiger partial charge in [-0.05, 0) is 40.7 Å². The molecule has 0 aliphatic carbocycles. The molecule has 2 aromatic rings. The molecule has 0 fully saturated rings. The minimum absolute atomic E-state index is 0.0848. The van der Waals surface area contributed by atoms with Crippen molar-refractivity contribution in [3.63, 3.8) is 0 Å². The second-order valence-corrected chi connectivity index (χ2v) is 7.21. The van der Waals surface area contributed by atoms with Crippen molar-refractivity contribution in [3.8, 4) is 0 Å². The van der Waals surface area contributed by atoms with Gasteiger partial charge in [-0.2, -0.15) is 0 Å². The Labute approximate surface area is 148 Å². The molecular weight excluding hydrogens is 320 g/mol. The van der Waals surface area contributed by atoms with E-state index in [1.807, 2.05) is 38.1 Å². The lowest BCUT2D eigenvalue weighted by atomic mass is 10.1. The number of nitrogens with one attached hydrogen (secondary N) is 1. The smallest absolute Gasteiger partial charge is 0.410 e. The van der Waals surface area contributed by atoms with Gasteiger partial charge in [-0.15, -0.1) is 0 Å². The Hall–Kier alpha value is -2.50. The van der Waals surface area contributed by atoms with Crippen molar-refractivity contribution < 1.29 is 18.7 Å². The predicted molar refractivity (Wildman–Crippen MR) is 96.4 cm³/mol. The highest BCUT2D eigenvalue weighted by Gasteiger charge is 2.23. The van der Waals surface area contributed by atoms with E-state index in [4.69, 9.17) is 9.15 Å². The minimum Gasteiger partial charge on any atom is -0.459 e. The molecule has 136 valence electrons. The molecule has 0 aliphatic heterocycles. The summed E-state index contributed by atoms with van der Waals surface area (Å²) in [6.07, 6.45) is -0.532. The van der Waals surface area contributed by atoms with Gasteiger partial charge in [0, 0.05) is 18.0 Å². The summed E-state index contributed by atoms with van der Waals surface area (Å²) in [6, 6.07) is 7.45. The van der Waals surface area contributed by atoms with Crippen LogP contribution >= 0.6 is 0 Å². The van der Waals surface area contributed by atoms with E-state index >= 15 is 0 Å². The Kier molecular flexibility index (Phi) is 5.40. The number of amides is 2. The molecule has 25 heavy (non-hydrogen) atoms. The van der Waals surface area contributed by atoms with Crippen molar-refractivity contribution in [1.29, 1.82) is 0 Å². The molecule has 0 radical (unpaired) electrons. The van der Waals surface area contributed by atoms with Crippen LogP contribution in [0, 0.1) is 6.92 Å². The number of hydrogen-bond donors (Lipinski definition) is 1. The number of benzene rings is 1. The molecular formula is C19H26N2O4. The number of carbonyl (C=O) groups excluding carboxylic acids is 2. The summed E-state index contributed by atoms with van der Waals surface area (Å²) >= 11 is 0. The van der Waals surface area contributed by atoms with Crippen LogP contribution in [0.1, 0.15) is 45.1 Å². The summed E-state index contributed by atoms with van der Waals surface area (Å²) in [6.45, 7) is 9.09. The van der Waals surface area contributed by atoms with E-state index in [1.54, 1.807) is 20.8 Å². The van der Waals surface area contributed by atoms with Crippen molar-refractivity contribution >= 4 is 23.0 Å². The van der Waals surface area contributed by atoms with Crippen molar-refractivity contribution in [3.05, 3.63) is 35.6 Å². The second-order valence-electron chi connectivity index (χ2n) is 7.21. The Morgan fingerprint density at radius 1 is 1.28 bits per heavy atom. The van der Waals surface area contributed by atoms with Gasteiger partial charge in [-0.25, -0.2) is 4.79 Å². The number of carbonyl (C=O) groups is 2. The van der Waals surface area contributed by atoms with Gasteiger partial charge in [-0.3, -0.25) is 4.79 Å². The van der Waals surface area contributed by atoms with Crippen LogP contribution in [0.15, 0.2) is 28.7 Å². The fourth-order valence-electron chi connectivity index (χ4n) is 2.58. The lowest BCUT2D eigenvalue weighted by molar-refractivity contribution is -0.122. The number of hydrogen-bond acceptors (Lipinski definition) is 4. The predicted octanol–water partition coefficient (Wildman–Crippen LogP) is 3.79. The quantitative estimate of drug-likeness (QED) is 0.914. The standard InChI is InChI=1S/C19H26N2O4/c1-12-14-9-7-8-10-15(14)24-17(12)13(2)20-16(22)11-21(6)18(23)25-19(3,4)5/h7-10,13H,11H2,1-6H3,(H,20,22). The zero-order chi connectivity index (χ0) is 18.8. The third-order valence-electron chi connectivity index (χ3n) is 3.74. The van der Waals surface area contributed by atoms with Crippen LogP contribution < -0.4 is 5.32 Å². The fourth-order valence-corrected chi connectivity index (χ4v) is 2.58. The molecule has 1 atom stereocenters. The average molecular weight is 346 g/mol. The number of para-hydroxylation sites is 1. The first-order chi connectivity index (χ1) is 11.6. The van der Waals surface area contributed by atoms with E-state index in [9.17, 15) is 9.59 Å². The van der Waals surface area contributed by atoms with E-state index < -0.39 is 11.7 Å². The lowest BCUT2D eigenvalue weighted by Crippen LogP contribution is -2.41. The zero-order valence-corrected chi connectivity index (χ0v) is 15.7. The van der Waals surface area contributed by atoms with Crippen LogP contribution in [-0.2, 0) is 9.53 Å². The van der Waals surface area contributed by atoms with Crippen molar-refractivity contribution in [2.24, 2.45) is 0 Å². The molecule has 0 spiro atoms. The molecule has 1 N–H and O–H groups in total. The molecule has 1 aromatic heterocycles. The van der Waals surface area contributed by atoms with E-state index in [-0.39, 0.29) is 18.5 Å². The monoisotopic (exact) mass is 346 g/mol. The molecule has 0 aliphatic rings. The first kappa shape index (κ1) is 18.8. The molecule has 0 saturated heterocycles. The van der Waals surface area contributed by atoms with Crippen LogP contribution in [0.2, 0.25) is 0 Å². The van der Waals surface area contributed by atoms with Gasteiger partial charge in [-0.1, -0.05) is 18.2 Å². The third kappa shape index (κ3) is 4.75. The average Bonchev–Trinajstić information content (AvgIpc) is 2.83. The highest BCUT2D eigenvalue weighted by Crippen LogP contribution is 2.29. The maximum atomic E-state index is 12.2. The largest absolute Gasteiger partial charge is 0.459 e. The topological polar surface area (TPSA) is 71.8 Å². The molecule has 0 bridgehead atoms. The van der Waals surface area contributed by atoms with Crippen molar-refractivity contribution in [2.45, 2.75) is 46.3 Å². The number of ether oxygens (including phenoxy) is 1. The fraction of sp³-hybridized carbons (Fsp3) is 0.474. The molecule has 1 unspecified atom stereocenters. The number of fused-ring (bicyclic) bond motifs is 1. The maximum absolute atomic E-state index is 12.2. The van der Waals surface area contributed by atoms with Gasteiger partial charge < -0.3 is 19.4 Å². The summed E-state index contributed by atoms with van der Waals surface area (Å²) in [5, 5.41) is 3.90. The molecule has 2 rings (SSSR count). The van der Waals surface area contributed by atoms with Gasteiger partial charge in [0.1, 0.15) is 23.5 Å². The normalized spacial score (nSPS) is 12.7. The molecule has 1 aromatic carbocycles. The second kappa shape index (κ2) is 7.17. The molecule has 2 amide bonds. The Morgan fingerprint density at radius 3 is 2.52 bits per heavy atom. The zero-order valence-electron chi connectivity index (χ0n) is 15.7. The Balaban J connectivity index is 1.99. The number of nitrogens with zero attached hydrogens (tertiary/aromatic N) is 1. The van der Waals surface area contributed by atoms with Crippen LogP contribution in [0.5, 0.6) is 0 Å². The first-order valence-corrected chi connectivity index (χ1v) is 8.30. The molecule has 0 saturated carbocycles. The summed E-state index contributed by atoms with van der Waals surface area (Å²) in [4.78, 5) is 25.4. The lowest BCUT2D eigenvalue weighted by Gasteiger charge is -2.24. The van der Waals surface area contributed by atoms with Crippen LogP contribution in [0.25, 0.3) is 11.0 Å². The van der Waals surface area contributed by atoms with Crippen molar-refractivity contribution in [1.82, 2.24) is 10.2 Å². The number of aryl methyl sites for hydroxylation is 1. The minimum atomic E-state index is -0.597. The highest BCUT2D eigenvalue weighted by atomic mass is 16.6.